The average Bonchev–Trinajstić information content (AvgIpc) is 3.42. The zero-order valence-electron chi connectivity index (χ0n) is 22.2. The summed E-state index contributed by atoms with van der Waals surface area (Å²) < 4.78 is 11.0. The molecule has 3 aromatic rings. The Morgan fingerprint density at radius 2 is 1.69 bits per heavy atom. The number of benzene rings is 3. The molecule has 2 fully saturated rings. The van der Waals surface area contributed by atoms with Crippen LogP contribution in [0.4, 0.5) is 11.4 Å². The summed E-state index contributed by atoms with van der Waals surface area (Å²) in [5.41, 5.74) is 1.83. The van der Waals surface area contributed by atoms with Crippen molar-refractivity contribution in [3.05, 3.63) is 90.0 Å². The number of ether oxygens (including phenoxy) is 2. The Hall–Kier alpha value is -4.17. The molecule has 39 heavy (non-hydrogen) atoms. The van der Waals surface area contributed by atoms with Crippen LogP contribution in [0.5, 0.6) is 5.75 Å². The normalized spacial score (nSPS) is 27.7. The lowest BCUT2D eigenvalue weighted by Gasteiger charge is -2.51. The molecule has 6 rings (SSSR count). The van der Waals surface area contributed by atoms with Crippen LogP contribution >= 0.6 is 0 Å². The first-order valence-electron chi connectivity index (χ1n) is 13.2. The van der Waals surface area contributed by atoms with E-state index in [1.165, 1.54) is 0 Å². The molecule has 5 atom stereocenters. The first-order valence-corrected chi connectivity index (χ1v) is 13.2. The first kappa shape index (κ1) is 25.1. The van der Waals surface area contributed by atoms with Crippen LogP contribution in [0, 0.1) is 11.8 Å². The van der Waals surface area contributed by atoms with Gasteiger partial charge in [-0.25, -0.2) is 0 Å². The highest BCUT2D eigenvalue weighted by Crippen LogP contribution is 2.57. The fourth-order valence-corrected chi connectivity index (χ4v) is 6.94. The van der Waals surface area contributed by atoms with Gasteiger partial charge in [0.2, 0.25) is 5.91 Å². The van der Waals surface area contributed by atoms with E-state index in [2.05, 4.69) is 5.32 Å². The molecule has 0 radical (unpaired) electrons. The van der Waals surface area contributed by atoms with Crippen LogP contribution in [-0.2, 0) is 24.7 Å². The van der Waals surface area contributed by atoms with E-state index < -0.39 is 23.3 Å². The maximum atomic E-state index is 13.9. The number of nitrogens with one attached hydrogen (secondary N) is 1. The number of β-lactam (4-membered cyclic amide) rings is 1. The van der Waals surface area contributed by atoms with Crippen LogP contribution < -0.4 is 15.0 Å². The molecule has 3 aliphatic heterocycles. The van der Waals surface area contributed by atoms with Gasteiger partial charge in [-0.15, -0.1) is 0 Å². The second kappa shape index (κ2) is 9.54. The minimum Gasteiger partial charge on any atom is -0.497 e. The Kier molecular flexibility index (Phi) is 6.14. The van der Waals surface area contributed by atoms with E-state index in [0.29, 0.717) is 18.0 Å². The van der Waals surface area contributed by atoms with E-state index in [1.807, 2.05) is 90.8 Å². The van der Waals surface area contributed by atoms with Crippen LogP contribution in [0.15, 0.2) is 78.9 Å². The second-order valence-corrected chi connectivity index (χ2v) is 10.3. The van der Waals surface area contributed by atoms with Gasteiger partial charge in [0.05, 0.1) is 31.6 Å². The number of carbonyl (C=O) groups is 3. The van der Waals surface area contributed by atoms with Gasteiger partial charge in [0, 0.05) is 29.4 Å². The van der Waals surface area contributed by atoms with Crippen molar-refractivity contribution in [1.82, 2.24) is 4.90 Å². The summed E-state index contributed by atoms with van der Waals surface area (Å²) in [6, 6.07) is 24.2. The van der Waals surface area contributed by atoms with Gasteiger partial charge in [0.1, 0.15) is 11.3 Å². The Morgan fingerprint density at radius 3 is 2.38 bits per heavy atom. The van der Waals surface area contributed by atoms with Crippen LogP contribution in [0.25, 0.3) is 0 Å². The lowest BCUT2D eigenvalue weighted by Crippen LogP contribution is -2.65. The number of hydrogen-bond donors (Lipinski definition) is 1. The van der Waals surface area contributed by atoms with Gasteiger partial charge in [0.15, 0.2) is 0 Å². The number of hydrogen-bond acceptors (Lipinski definition) is 6. The third-order valence-corrected chi connectivity index (χ3v) is 8.53. The molecule has 0 aromatic heterocycles. The summed E-state index contributed by atoms with van der Waals surface area (Å²) in [4.78, 5) is 45.3. The van der Waals surface area contributed by atoms with E-state index in [9.17, 15) is 14.4 Å². The number of likely N-dealkylation sites (N-methyl/N-ethyl adjacent to an activating group) is 1. The number of methoxy groups -OCH3 is 1. The van der Waals surface area contributed by atoms with E-state index in [-0.39, 0.29) is 30.4 Å². The molecule has 3 unspecified atom stereocenters. The van der Waals surface area contributed by atoms with Crippen LogP contribution in [0.3, 0.4) is 0 Å². The van der Waals surface area contributed by atoms with E-state index in [0.717, 1.165) is 16.8 Å². The maximum absolute atomic E-state index is 13.9. The number of rotatable bonds is 6. The zero-order chi connectivity index (χ0) is 27.3. The molecule has 1 N–H and O–H groups in total. The number of esters is 1. The predicted molar refractivity (Wildman–Crippen MR) is 146 cm³/mol. The highest BCUT2D eigenvalue weighted by molar-refractivity contribution is 6.10. The number of carbonyl (C=O) groups excluding carboxylic acids is 3. The Labute approximate surface area is 227 Å². The summed E-state index contributed by atoms with van der Waals surface area (Å²) in [6.07, 6.45) is 0. The molecular formula is C31H31N3O5. The van der Waals surface area contributed by atoms with E-state index >= 15 is 0 Å². The van der Waals surface area contributed by atoms with Crippen LogP contribution in [0.1, 0.15) is 24.0 Å². The van der Waals surface area contributed by atoms with Crippen molar-refractivity contribution in [2.24, 2.45) is 11.8 Å². The SMILES string of the molecule is CCOC(=O)[C@@H]1C(C2C(c3ccccc3)C(=O)N2c2ccc(OC)cc2)CN(C)[C@]12C(=O)Nc1ccccc12. The summed E-state index contributed by atoms with van der Waals surface area (Å²) >= 11 is 0. The number of para-hydroxylation sites is 1. The summed E-state index contributed by atoms with van der Waals surface area (Å²) in [6.45, 7) is 2.39. The quantitative estimate of drug-likeness (QED) is 0.389. The highest BCUT2D eigenvalue weighted by Gasteiger charge is 2.69. The van der Waals surface area contributed by atoms with Gasteiger partial charge in [0.25, 0.3) is 5.91 Å². The molecule has 2 amide bonds. The molecule has 0 bridgehead atoms. The van der Waals surface area contributed by atoms with Gasteiger partial charge in [-0.1, -0.05) is 48.5 Å². The topological polar surface area (TPSA) is 88.2 Å². The molecule has 3 aromatic carbocycles. The molecule has 0 saturated carbocycles. The second-order valence-electron chi connectivity index (χ2n) is 10.3. The molecule has 200 valence electrons. The molecule has 1 spiro atoms. The summed E-state index contributed by atoms with van der Waals surface area (Å²) in [5, 5.41) is 3.01. The zero-order valence-corrected chi connectivity index (χ0v) is 22.2. The maximum Gasteiger partial charge on any atom is 0.312 e. The fourth-order valence-electron chi connectivity index (χ4n) is 6.94. The minimum atomic E-state index is -1.24. The molecule has 8 heteroatoms. The van der Waals surface area contributed by atoms with Crippen LogP contribution in [-0.4, -0.2) is 56.0 Å². The lowest BCUT2D eigenvalue weighted by molar-refractivity contribution is -0.157. The van der Waals surface area contributed by atoms with E-state index in [4.69, 9.17) is 9.47 Å². The monoisotopic (exact) mass is 525 g/mol. The van der Waals surface area contributed by atoms with Gasteiger partial charge >= 0.3 is 5.97 Å². The molecule has 3 aliphatic rings. The summed E-state index contributed by atoms with van der Waals surface area (Å²) in [7, 11) is 3.48. The van der Waals surface area contributed by atoms with Gasteiger partial charge in [-0.2, -0.15) is 0 Å². The number of likely N-dealkylation sites (tertiary alicyclic amines) is 1. The van der Waals surface area contributed by atoms with Gasteiger partial charge < -0.3 is 19.7 Å². The molecule has 3 heterocycles. The van der Waals surface area contributed by atoms with Crippen molar-refractivity contribution in [3.63, 3.8) is 0 Å². The molecule has 8 nitrogen and oxygen atoms in total. The Bertz CT molecular complexity index is 1430. The lowest BCUT2D eigenvalue weighted by atomic mass is 9.66. The fraction of sp³-hybridized carbons (Fsp3) is 0.323. The van der Waals surface area contributed by atoms with Crippen molar-refractivity contribution in [3.8, 4) is 5.75 Å². The molecule has 0 aliphatic carbocycles. The van der Waals surface area contributed by atoms with Crippen molar-refractivity contribution < 1.29 is 23.9 Å². The van der Waals surface area contributed by atoms with Gasteiger partial charge in [-0.3, -0.25) is 19.3 Å². The smallest absolute Gasteiger partial charge is 0.312 e. The number of fused-ring (bicyclic) bond motifs is 2. The number of nitrogens with zero attached hydrogens (tertiary/aromatic N) is 2. The third-order valence-electron chi connectivity index (χ3n) is 8.53. The van der Waals surface area contributed by atoms with Crippen LogP contribution in [0.2, 0.25) is 0 Å². The standard InChI is InChI=1S/C31H31N3O5/c1-4-39-29(36)26-22(18-33(2)31(26)23-12-8-9-13-24(23)32-30(31)37)27-25(19-10-6-5-7-11-19)28(35)34(27)20-14-16-21(38-3)17-15-20/h5-17,22,25-27H,4,18H2,1-3H3,(H,32,37)/t22?,25?,26-,27?,31-/m0/s1. The largest absolute Gasteiger partial charge is 0.497 e. The van der Waals surface area contributed by atoms with Crippen molar-refractivity contribution in [2.45, 2.75) is 24.4 Å². The Morgan fingerprint density at radius 1 is 1.00 bits per heavy atom. The predicted octanol–water partition coefficient (Wildman–Crippen LogP) is 3.78. The van der Waals surface area contributed by atoms with Crippen molar-refractivity contribution in [1.29, 1.82) is 0 Å². The van der Waals surface area contributed by atoms with E-state index in [1.54, 1.807) is 18.9 Å². The number of anilines is 2. The third kappa shape index (κ3) is 3.58. The molecular weight excluding hydrogens is 494 g/mol. The first-order chi connectivity index (χ1) is 18.9. The van der Waals surface area contributed by atoms with Crippen molar-refractivity contribution in [2.75, 3.05) is 37.5 Å². The summed E-state index contributed by atoms with van der Waals surface area (Å²) in [5.74, 6) is -1.69. The minimum absolute atomic E-state index is 0.0427. The average molecular weight is 526 g/mol. The highest BCUT2D eigenvalue weighted by atomic mass is 16.5. The van der Waals surface area contributed by atoms with Crippen molar-refractivity contribution >= 4 is 29.2 Å². The number of amides is 2. The molecule has 2 saturated heterocycles. The Balaban J connectivity index is 1.50. The van der Waals surface area contributed by atoms with Gasteiger partial charge in [-0.05, 0) is 49.9 Å².